The van der Waals surface area contributed by atoms with Crippen molar-refractivity contribution < 1.29 is 14.1 Å². The summed E-state index contributed by atoms with van der Waals surface area (Å²) in [5.74, 6) is 1.82. The molecule has 2 atom stereocenters. The zero-order chi connectivity index (χ0) is 19.3. The molecule has 0 bridgehead atoms. The number of benzene rings is 1. The van der Waals surface area contributed by atoms with Gasteiger partial charge in [-0.05, 0) is 55.3 Å². The molecule has 1 saturated heterocycles. The van der Waals surface area contributed by atoms with Crippen molar-refractivity contribution in [1.82, 2.24) is 15.4 Å². The summed E-state index contributed by atoms with van der Waals surface area (Å²) >= 11 is 0. The van der Waals surface area contributed by atoms with E-state index in [1.807, 2.05) is 11.0 Å². The highest BCUT2D eigenvalue weighted by Crippen LogP contribution is 2.28. The minimum absolute atomic E-state index is 0.284. The first kappa shape index (κ1) is 19.2. The van der Waals surface area contributed by atoms with Gasteiger partial charge in [0.05, 0.1) is 5.69 Å². The van der Waals surface area contributed by atoms with E-state index < -0.39 is 0 Å². The molecule has 150 valence electrons. The van der Waals surface area contributed by atoms with Crippen molar-refractivity contribution in [3.63, 3.8) is 0 Å². The molecule has 1 fully saturated rings. The second kappa shape index (κ2) is 8.88. The molecular formula is C22H29N3O3. The number of hydrogen-bond donors (Lipinski definition) is 1. The van der Waals surface area contributed by atoms with Crippen LogP contribution in [0.25, 0.3) is 0 Å². The lowest BCUT2D eigenvalue weighted by atomic mass is 9.81. The number of piperidine rings is 1. The molecule has 6 nitrogen and oxygen atoms in total. The maximum atomic E-state index is 13.0. The van der Waals surface area contributed by atoms with Crippen molar-refractivity contribution in [1.29, 1.82) is 0 Å². The molecule has 1 aromatic carbocycles. The van der Waals surface area contributed by atoms with E-state index in [1.54, 1.807) is 7.11 Å². The summed E-state index contributed by atoms with van der Waals surface area (Å²) in [7, 11) is 1.65. The van der Waals surface area contributed by atoms with Crippen LogP contribution < -0.4 is 5.32 Å². The topological polar surface area (TPSA) is 67.6 Å². The molecule has 0 saturated carbocycles. The number of nitrogens with zero attached hydrogens (tertiary/aromatic N) is 2. The Kier molecular flexibility index (Phi) is 6.07. The average Bonchev–Trinajstić information content (AvgIpc) is 3.16. The van der Waals surface area contributed by atoms with Gasteiger partial charge < -0.3 is 19.5 Å². The maximum absolute atomic E-state index is 13.0. The summed E-state index contributed by atoms with van der Waals surface area (Å²) < 4.78 is 10.4. The molecule has 3 heterocycles. The molecular weight excluding hydrogens is 354 g/mol. The summed E-state index contributed by atoms with van der Waals surface area (Å²) in [5, 5.41) is 7.65. The van der Waals surface area contributed by atoms with Gasteiger partial charge in [-0.1, -0.05) is 29.4 Å². The molecule has 2 aromatic rings. The van der Waals surface area contributed by atoms with Crippen LogP contribution in [0.4, 0.5) is 0 Å². The van der Waals surface area contributed by atoms with Crippen molar-refractivity contribution in [3.8, 4) is 0 Å². The highest BCUT2D eigenvalue weighted by atomic mass is 16.5. The first-order chi connectivity index (χ1) is 13.7. The van der Waals surface area contributed by atoms with Gasteiger partial charge in [-0.15, -0.1) is 0 Å². The highest BCUT2D eigenvalue weighted by molar-refractivity contribution is 5.76. The third kappa shape index (κ3) is 4.45. The summed E-state index contributed by atoms with van der Waals surface area (Å²) in [6.07, 6.45) is 3.45. The number of fused-ring (bicyclic) bond motifs is 1. The minimum atomic E-state index is 0.284. The van der Waals surface area contributed by atoms with Gasteiger partial charge >= 0.3 is 0 Å². The van der Waals surface area contributed by atoms with Gasteiger partial charge in [0.1, 0.15) is 6.61 Å². The molecule has 2 aliphatic rings. The predicted molar refractivity (Wildman–Crippen MR) is 106 cm³/mol. The van der Waals surface area contributed by atoms with E-state index in [2.05, 4.69) is 34.7 Å². The molecule has 28 heavy (non-hydrogen) atoms. The molecule has 4 rings (SSSR count). The van der Waals surface area contributed by atoms with Gasteiger partial charge in [0.25, 0.3) is 0 Å². The molecule has 2 aliphatic heterocycles. The normalized spacial score (nSPS) is 22.1. The molecule has 1 N–H and O–H groups in total. The monoisotopic (exact) mass is 383 g/mol. The van der Waals surface area contributed by atoms with E-state index in [4.69, 9.17) is 9.26 Å². The Labute approximate surface area is 166 Å². The van der Waals surface area contributed by atoms with Crippen LogP contribution in [0.3, 0.4) is 0 Å². The fourth-order valence-corrected chi connectivity index (χ4v) is 4.48. The van der Waals surface area contributed by atoms with Crippen molar-refractivity contribution in [2.75, 3.05) is 26.7 Å². The number of aromatic nitrogens is 1. The van der Waals surface area contributed by atoms with E-state index in [9.17, 15) is 4.79 Å². The smallest absolute Gasteiger partial charge is 0.223 e. The quantitative estimate of drug-likeness (QED) is 0.830. The van der Waals surface area contributed by atoms with Crippen LogP contribution in [0.15, 0.2) is 34.9 Å². The van der Waals surface area contributed by atoms with Crippen molar-refractivity contribution in [2.45, 2.75) is 38.8 Å². The van der Waals surface area contributed by atoms with Crippen LogP contribution in [-0.4, -0.2) is 42.7 Å². The largest absolute Gasteiger partial charge is 0.377 e. The number of carbonyl (C=O) groups is 1. The second-order valence-corrected chi connectivity index (χ2v) is 7.97. The number of nitrogens with one attached hydrogen (secondary N) is 1. The first-order valence-corrected chi connectivity index (χ1v) is 10.2. The minimum Gasteiger partial charge on any atom is -0.377 e. The third-order valence-corrected chi connectivity index (χ3v) is 6.05. The SMILES string of the molecule is COCc1cc(C[C@H]2CNCC[C@H]2CC(=O)N2CCc3ccccc3C2)no1. The molecule has 0 spiro atoms. The van der Waals surface area contributed by atoms with E-state index >= 15 is 0 Å². The van der Waals surface area contributed by atoms with Gasteiger partial charge in [0.2, 0.25) is 5.91 Å². The fraction of sp³-hybridized carbons (Fsp3) is 0.545. The maximum Gasteiger partial charge on any atom is 0.223 e. The Morgan fingerprint density at radius 1 is 1.32 bits per heavy atom. The fourth-order valence-electron chi connectivity index (χ4n) is 4.48. The van der Waals surface area contributed by atoms with Crippen LogP contribution in [0.5, 0.6) is 0 Å². The van der Waals surface area contributed by atoms with Crippen LogP contribution in [0, 0.1) is 11.8 Å². The molecule has 1 amide bonds. The number of hydrogen-bond acceptors (Lipinski definition) is 5. The van der Waals surface area contributed by atoms with Gasteiger partial charge in [-0.25, -0.2) is 0 Å². The van der Waals surface area contributed by atoms with Crippen LogP contribution in [-0.2, 0) is 35.5 Å². The zero-order valence-corrected chi connectivity index (χ0v) is 16.5. The number of amides is 1. The lowest BCUT2D eigenvalue weighted by Gasteiger charge is -2.34. The summed E-state index contributed by atoms with van der Waals surface area (Å²) in [6, 6.07) is 10.4. The average molecular weight is 383 g/mol. The van der Waals surface area contributed by atoms with E-state index in [1.165, 1.54) is 11.1 Å². The van der Waals surface area contributed by atoms with Crippen molar-refractivity contribution in [3.05, 3.63) is 52.9 Å². The standard InChI is InChI=1S/C22H29N3O3/c1-27-15-21-12-20(24-28-21)10-19-13-23-8-6-17(19)11-22(26)25-9-7-16-4-2-3-5-18(16)14-25/h2-5,12,17,19,23H,6-11,13-15H2,1H3/t17-,19-/m0/s1. The molecule has 1 aromatic heterocycles. The second-order valence-electron chi connectivity index (χ2n) is 7.97. The van der Waals surface area contributed by atoms with Gasteiger partial charge in [-0.3, -0.25) is 4.79 Å². The highest BCUT2D eigenvalue weighted by Gasteiger charge is 2.30. The summed E-state index contributed by atoms with van der Waals surface area (Å²) in [4.78, 5) is 15.1. The van der Waals surface area contributed by atoms with E-state index in [-0.39, 0.29) is 5.91 Å². The van der Waals surface area contributed by atoms with Gasteiger partial charge in [0, 0.05) is 32.7 Å². The van der Waals surface area contributed by atoms with E-state index in [0.717, 1.165) is 56.9 Å². The number of rotatable bonds is 6. The first-order valence-electron chi connectivity index (χ1n) is 10.2. The lowest BCUT2D eigenvalue weighted by Crippen LogP contribution is -2.42. The van der Waals surface area contributed by atoms with Crippen molar-refractivity contribution in [2.24, 2.45) is 11.8 Å². The van der Waals surface area contributed by atoms with E-state index in [0.29, 0.717) is 24.9 Å². The zero-order valence-electron chi connectivity index (χ0n) is 16.5. The number of carbonyl (C=O) groups excluding carboxylic acids is 1. The number of ether oxygens (including phenoxy) is 1. The van der Waals surface area contributed by atoms with Crippen LogP contribution >= 0.6 is 0 Å². The predicted octanol–water partition coefficient (Wildman–Crippen LogP) is 2.56. The molecule has 6 heteroatoms. The Morgan fingerprint density at radius 2 is 2.18 bits per heavy atom. The van der Waals surface area contributed by atoms with Gasteiger partial charge in [-0.2, -0.15) is 0 Å². The van der Waals surface area contributed by atoms with Crippen molar-refractivity contribution >= 4 is 5.91 Å². The lowest BCUT2D eigenvalue weighted by molar-refractivity contribution is -0.133. The number of methoxy groups -OCH3 is 1. The Balaban J connectivity index is 1.37. The molecule has 0 aliphatic carbocycles. The summed E-state index contributed by atoms with van der Waals surface area (Å²) in [6.45, 7) is 3.91. The summed E-state index contributed by atoms with van der Waals surface area (Å²) in [5.41, 5.74) is 3.62. The van der Waals surface area contributed by atoms with Gasteiger partial charge in [0.15, 0.2) is 5.76 Å². The Morgan fingerprint density at radius 3 is 3.04 bits per heavy atom. The third-order valence-electron chi connectivity index (χ3n) is 6.05. The molecule has 0 radical (unpaired) electrons. The van der Waals surface area contributed by atoms with Crippen LogP contribution in [0.1, 0.15) is 35.4 Å². The molecule has 0 unspecified atom stereocenters. The van der Waals surface area contributed by atoms with Crippen LogP contribution in [0.2, 0.25) is 0 Å². The Bertz CT molecular complexity index is 804. The Hall–Kier alpha value is -2.18.